The van der Waals surface area contributed by atoms with E-state index < -0.39 is 10.0 Å². The number of hydrogen-bond donors (Lipinski definition) is 2. The van der Waals surface area contributed by atoms with Gasteiger partial charge in [-0.15, -0.1) is 0 Å². The molecule has 3 aromatic rings. The summed E-state index contributed by atoms with van der Waals surface area (Å²) in [6.07, 6.45) is 0.800. The summed E-state index contributed by atoms with van der Waals surface area (Å²) >= 11 is 0. The molecule has 1 amide bonds. The molecule has 1 saturated carbocycles. The number of carbonyl (C=O) groups is 1. The highest BCUT2D eigenvalue weighted by atomic mass is 32.2. The Morgan fingerprint density at radius 2 is 1.43 bits per heavy atom. The van der Waals surface area contributed by atoms with E-state index in [4.69, 9.17) is 0 Å². The van der Waals surface area contributed by atoms with Gasteiger partial charge in [-0.25, -0.2) is 13.1 Å². The quantitative estimate of drug-likeness (QED) is 0.670. The van der Waals surface area contributed by atoms with Gasteiger partial charge in [0.15, 0.2) is 0 Å². The molecule has 4 rings (SSSR count). The minimum absolute atomic E-state index is 0.0788. The predicted octanol–water partition coefficient (Wildman–Crippen LogP) is 3.77. The Morgan fingerprint density at radius 1 is 0.821 bits per heavy atom. The van der Waals surface area contributed by atoms with Gasteiger partial charge < -0.3 is 5.32 Å². The fourth-order valence-corrected chi connectivity index (χ4v) is 4.46. The van der Waals surface area contributed by atoms with Crippen LogP contribution in [0.15, 0.2) is 89.8 Å². The Bertz CT molecular complexity index is 1070. The van der Waals surface area contributed by atoms with Crippen LogP contribution in [0.3, 0.4) is 0 Å². The van der Waals surface area contributed by atoms with Crippen LogP contribution in [0.25, 0.3) is 0 Å². The Morgan fingerprint density at radius 3 is 2.07 bits per heavy atom. The molecule has 3 aromatic carbocycles. The van der Waals surface area contributed by atoms with Gasteiger partial charge in [0.25, 0.3) is 5.91 Å². The van der Waals surface area contributed by atoms with Gasteiger partial charge in [-0.1, -0.05) is 48.5 Å². The second-order valence-electron chi connectivity index (χ2n) is 6.83. The zero-order valence-corrected chi connectivity index (χ0v) is 15.9. The van der Waals surface area contributed by atoms with Gasteiger partial charge in [-0.2, -0.15) is 0 Å². The van der Waals surface area contributed by atoms with Crippen LogP contribution in [0.1, 0.15) is 28.3 Å². The van der Waals surface area contributed by atoms with Crippen LogP contribution in [-0.2, 0) is 10.0 Å². The van der Waals surface area contributed by atoms with Gasteiger partial charge in [0, 0.05) is 23.2 Å². The Hall–Kier alpha value is -2.96. The van der Waals surface area contributed by atoms with Crippen LogP contribution in [0.5, 0.6) is 0 Å². The van der Waals surface area contributed by atoms with Crippen molar-refractivity contribution in [1.82, 2.24) is 4.72 Å². The number of amides is 1. The van der Waals surface area contributed by atoms with Crippen LogP contribution < -0.4 is 10.0 Å². The summed E-state index contributed by atoms with van der Waals surface area (Å²) in [6, 6.07) is 24.9. The first kappa shape index (κ1) is 18.4. The zero-order chi connectivity index (χ0) is 19.6. The number of sulfonamides is 1. The highest BCUT2D eigenvalue weighted by Gasteiger charge is 2.41. The molecule has 5 nitrogen and oxygen atoms in total. The van der Waals surface area contributed by atoms with E-state index in [2.05, 4.69) is 10.0 Å². The van der Waals surface area contributed by atoms with Crippen LogP contribution in [0.2, 0.25) is 0 Å². The molecular weight excluding hydrogens is 372 g/mol. The molecule has 0 radical (unpaired) electrons. The third-order valence-electron chi connectivity index (χ3n) is 4.78. The first-order chi connectivity index (χ1) is 13.5. The predicted molar refractivity (Wildman–Crippen MR) is 109 cm³/mol. The highest BCUT2D eigenvalue weighted by Crippen LogP contribution is 2.41. The van der Waals surface area contributed by atoms with Crippen LogP contribution in [-0.4, -0.2) is 20.4 Å². The number of benzene rings is 3. The van der Waals surface area contributed by atoms with Gasteiger partial charge in [0.2, 0.25) is 10.0 Å². The molecule has 2 atom stereocenters. The molecule has 0 aliphatic heterocycles. The number of anilines is 1. The van der Waals surface area contributed by atoms with Crippen LogP contribution in [0.4, 0.5) is 5.69 Å². The summed E-state index contributed by atoms with van der Waals surface area (Å²) in [6.45, 7) is 0. The molecule has 28 heavy (non-hydrogen) atoms. The van der Waals surface area contributed by atoms with E-state index >= 15 is 0 Å². The van der Waals surface area contributed by atoms with E-state index in [1.54, 1.807) is 36.4 Å². The van der Waals surface area contributed by atoms with Gasteiger partial charge in [-0.3, -0.25) is 4.79 Å². The second kappa shape index (κ2) is 7.58. The maximum atomic E-state index is 12.6. The first-order valence-corrected chi connectivity index (χ1v) is 10.5. The van der Waals surface area contributed by atoms with Gasteiger partial charge in [0.1, 0.15) is 0 Å². The number of nitrogens with one attached hydrogen (secondary N) is 2. The molecule has 6 heteroatoms. The summed E-state index contributed by atoms with van der Waals surface area (Å²) in [5.74, 6) is -0.0153. The van der Waals surface area contributed by atoms with Gasteiger partial charge in [-0.05, 0) is 48.4 Å². The molecular formula is C22H20N2O3S. The minimum atomic E-state index is -3.60. The van der Waals surface area contributed by atoms with E-state index in [0.29, 0.717) is 11.3 Å². The van der Waals surface area contributed by atoms with Crippen LogP contribution in [0, 0.1) is 0 Å². The monoisotopic (exact) mass is 392 g/mol. The van der Waals surface area contributed by atoms with E-state index in [1.807, 2.05) is 36.4 Å². The topological polar surface area (TPSA) is 75.3 Å². The highest BCUT2D eigenvalue weighted by molar-refractivity contribution is 7.89. The number of carbonyl (C=O) groups excluding carboxylic acids is 1. The second-order valence-corrected chi connectivity index (χ2v) is 8.54. The van der Waals surface area contributed by atoms with Crippen molar-refractivity contribution < 1.29 is 13.2 Å². The molecule has 1 aliphatic carbocycles. The number of rotatable bonds is 6. The lowest BCUT2D eigenvalue weighted by atomic mass is 10.1. The van der Waals surface area contributed by atoms with E-state index in [-0.39, 0.29) is 22.8 Å². The maximum absolute atomic E-state index is 12.6. The summed E-state index contributed by atoms with van der Waals surface area (Å²) in [7, 11) is -3.60. The fourth-order valence-electron chi connectivity index (χ4n) is 3.17. The molecule has 0 heterocycles. The summed E-state index contributed by atoms with van der Waals surface area (Å²) < 4.78 is 28.0. The molecule has 1 fully saturated rings. The first-order valence-electron chi connectivity index (χ1n) is 9.07. The fraction of sp³-hybridized carbons (Fsp3) is 0.136. The lowest BCUT2D eigenvalue weighted by molar-refractivity contribution is 0.102. The molecule has 142 valence electrons. The van der Waals surface area contributed by atoms with E-state index in [9.17, 15) is 13.2 Å². The van der Waals surface area contributed by atoms with Crippen molar-refractivity contribution in [2.75, 3.05) is 5.32 Å². The third kappa shape index (κ3) is 4.13. The van der Waals surface area contributed by atoms with Crippen LogP contribution >= 0.6 is 0 Å². The number of hydrogen-bond acceptors (Lipinski definition) is 3. The summed E-state index contributed by atoms with van der Waals surface area (Å²) in [4.78, 5) is 12.4. The molecule has 0 spiro atoms. The van der Waals surface area contributed by atoms with Crippen molar-refractivity contribution in [2.45, 2.75) is 23.3 Å². The SMILES string of the molecule is O=C(Nc1ccc(S(=O)(=O)N[C@H]2C[C@@H]2c2ccccc2)cc1)c1ccccc1. The van der Waals surface area contributed by atoms with Crippen molar-refractivity contribution in [3.63, 3.8) is 0 Å². The molecule has 0 bridgehead atoms. The molecule has 0 aromatic heterocycles. The lowest BCUT2D eigenvalue weighted by Crippen LogP contribution is -2.26. The summed E-state index contributed by atoms with van der Waals surface area (Å²) in [5.41, 5.74) is 2.23. The van der Waals surface area contributed by atoms with Gasteiger partial charge in [0.05, 0.1) is 4.90 Å². The minimum Gasteiger partial charge on any atom is -0.322 e. The average Bonchev–Trinajstić information content (AvgIpc) is 3.48. The van der Waals surface area contributed by atoms with E-state index in [0.717, 1.165) is 12.0 Å². The summed E-state index contributed by atoms with van der Waals surface area (Å²) in [5, 5.41) is 2.76. The molecule has 1 aliphatic rings. The van der Waals surface area contributed by atoms with Crippen molar-refractivity contribution in [2.24, 2.45) is 0 Å². The Labute approximate surface area is 164 Å². The molecule has 2 N–H and O–H groups in total. The van der Waals surface area contributed by atoms with Crippen molar-refractivity contribution in [3.8, 4) is 0 Å². The largest absolute Gasteiger partial charge is 0.322 e. The third-order valence-corrected chi connectivity index (χ3v) is 6.29. The molecule has 0 unspecified atom stereocenters. The zero-order valence-electron chi connectivity index (χ0n) is 15.1. The van der Waals surface area contributed by atoms with E-state index in [1.165, 1.54) is 12.1 Å². The van der Waals surface area contributed by atoms with Gasteiger partial charge >= 0.3 is 0 Å². The Kier molecular flexibility index (Phi) is 4.98. The standard InChI is InChI=1S/C22H20N2O3S/c25-22(17-9-5-2-6-10-17)23-18-11-13-19(14-12-18)28(26,27)24-21-15-20(21)16-7-3-1-4-8-16/h1-14,20-21,24H,15H2,(H,23,25)/t20-,21+/m1/s1. The van der Waals surface area contributed by atoms with Crippen molar-refractivity contribution >= 4 is 21.6 Å². The average molecular weight is 392 g/mol. The van der Waals surface area contributed by atoms with Crippen molar-refractivity contribution in [3.05, 3.63) is 96.1 Å². The smallest absolute Gasteiger partial charge is 0.255 e. The molecule has 0 saturated heterocycles. The van der Waals surface area contributed by atoms with Crippen molar-refractivity contribution in [1.29, 1.82) is 0 Å². The normalized spacial score (nSPS) is 18.4. The lowest BCUT2D eigenvalue weighted by Gasteiger charge is -2.09. The maximum Gasteiger partial charge on any atom is 0.255 e. The Balaban J connectivity index is 1.40.